The molecule has 1 aromatic heterocycles. The number of pyridine rings is 1. The molecule has 0 radical (unpaired) electrons. The van der Waals surface area contributed by atoms with Gasteiger partial charge in [-0.3, -0.25) is 24.4 Å². The maximum Gasteiger partial charge on any atom is 0.239 e. The third kappa shape index (κ3) is 8.98. The molecule has 1 unspecified atom stereocenters. The molecule has 9 heteroatoms. The quantitative estimate of drug-likeness (QED) is 0.263. The minimum atomic E-state index is -0.833. The number of hydrogen-bond acceptors (Lipinski definition) is 7. The predicted octanol–water partition coefficient (Wildman–Crippen LogP) is 2.87. The lowest BCUT2D eigenvalue weighted by Crippen LogP contribution is -2.61. The van der Waals surface area contributed by atoms with Crippen molar-refractivity contribution in [3.63, 3.8) is 0 Å². The van der Waals surface area contributed by atoms with Crippen LogP contribution in [0.2, 0.25) is 0 Å². The molecule has 2 amide bonds. The van der Waals surface area contributed by atoms with Crippen molar-refractivity contribution in [3.05, 3.63) is 101 Å². The average molecular weight is 614 g/mol. The molecule has 2 aliphatic rings. The van der Waals surface area contributed by atoms with E-state index in [0.29, 0.717) is 32.5 Å². The normalized spacial score (nSPS) is 21.9. The fourth-order valence-corrected chi connectivity index (χ4v) is 6.56. The van der Waals surface area contributed by atoms with Crippen LogP contribution in [0.3, 0.4) is 0 Å². The molecule has 9 nitrogen and oxygen atoms in total. The highest BCUT2D eigenvalue weighted by Crippen LogP contribution is 2.32. The van der Waals surface area contributed by atoms with Gasteiger partial charge in [-0.25, -0.2) is 0 Å². The molecule has 5 rings (SSSR count). The monoisotopic (exact) mass is 613 g/mol. The maximum atomic E-state index is 13.8. The summed E-state index contributed by atoms with van der Waals surface area (Å²) in [7, 11) is 0. The Morgan fingerprint density at radius 2 is 1.73 bits per heavy atom. The van der Waals surface area contributed by atoms with Gasteiger partial charge in [0.1, 0.15) is 6.04 Å². The number of aromatic nitrogens is 1. The van der Waals surface area contributed by atoms with Crippen molar-refractivity contribution in [2.75, 3.05) is 26.2 Å². The first-order valence-corrected chi connectivity index (χ1v) is 16.0. The molecule has 2 aromatic carbocycles. The van der Waals surface area contributed by atoms with Gasteiger partial charge in [0.2, 0.25) is 11.8 Å². The van der Waals surface area contributed by atoms with Crippen LogP contribution < -0.4 is 10.6 Å². The number of aliphatic hydroxyl groups excluding tert-OH is 2. The van der Waals surface area contributed by atoms with Crippen LogP contribution in [0.15, 0.2) is 79.1 Å². The first-order chi connectivity index (χ1) is 21.6. The summed E-state index contributed by atoms with van der Waals surface area (Å²) in [6.45, 7) is 8.74. The molecule has 2 heterocycles. The van der Waals surface area contributed by atoms with Crippen molar-refractivity contribution in [1.29, 1.82) is 0 Å². The number of rotatable bonds is 11. The molecule has 1 saturated heterocycles. The van der Waals surface area contributed by atoms with Crippen molar-refractivity contribution in [3.8, 4) is 0 Å². The number of carbonyl (C=O) groups excluding carboxylic acids is 2. The van der Waals surface area contributed by atoms with Crippen molar-refractivity contribution < 1.29 is 19.8 Å². The summed E-state index contributed by atoms with van der Waals surface area (Å²) >= 11 is 0. The Morgan fingerprint density at radius 1 is 1.00 bits per heavy atom. The van der Waals surface area contributed by atoms with Gasteiger partial charge < -0.3 is 20.8 Å². The van der Waals surface area contributed by atoms with Crippen LogP contribution in [0.1, 0.15) is 55.5 Å². The van der Waals surface area contributed by atoms with E-state index in [1.54, 1.807) is 6.20 Å². The summed E-state index contributed by atoms with van der Waals surface area (Å²) in [4.78, 5) is 35.9. The number of nitrogens with zero attached hydrogens (tertiary/aromatic N) is 3. The third-order valence-corrected chi connectivity index (χ3v) is 8.70. The Morgan fingerprint density at radius 3 is 2.47 bits per heavy atom. The second-order valence-electron chi connectivity index (χ2n) is 13.6. The lowest BCUT2D eigenvalue weighted by molar-refractivity contribution is -0.132. The summed E-state index contributed by atoms with van der Waals surface area (Å²) in [6.07, 6.45) is 3.26. The molecule has 4 N–H and O–H groups in total. The van der Waals surface area contributed by atoms with Crippen molar-refractivity contribution in [1.82, 2.24) is 25.4 Å². The summed E-state index contributed by atoms with van der Waals surface area (Å²) in [5.41, 5.74) is 3.68. The van der Waals surface area contributed by atoms with Crippen LogP contribution in [-0.4, -0.2) is 86.8 Å². The smallest absolute Gasteiger partial charge is 0.239 e. The number of amides is 2. The summed E-state index contributed by atoms with van der Waals surface area (Å²) in [6, 6.07) is 20.6. The number of benzene rings is 2. The minimum absolute atomic E-state index is 0.0712. The maximum absolute atomic E-state index is 13.8. The van der Waals surface area contributed by atoms with Crippen molar-refractivity contribution >= 4 is 11.8 Å². The molecule has 1 fully saturated rings. The Bertz CT molecular complexity index is 1410. The zero-order valence-corrected chi connectivity index (χ0v) is 26.6. The Hall–Kier alpha value is -3.63. The van der Waals surface area contributed by atoms with E-state index in [9.17, 15) is 19.8 Å². The Kier molecular flexibility index (Phi) is 10.7. The van der Waals surface area contributed by atoms with Gasteiger partial charge in [0.15, 0.2) is 0 Å². The zero-order chi connectivity index (χ0) is 32.0. The summed E-state index contributed by atoms with van der Waals surface area (Å²) in [5.74, 6) is -0.781. The molecule has 1 aliphatic heterocycles. The largest absolute Gasteiger partial charge is 0.392 e. The molecule has 3 aromatic rings. The van der Waals surface area contributed by atoms with Gasteiger partial charge in [0.25, 0.3) is 0 Å². The SMILES string of the molecule is CC(C)(C)NC(=O)C1CN(Cc2cccnc2)CCN1C[C@@H](O)C[C@@H](Cc1ccccc1)C(=O)N[C@@H]1c2ccccc2C[C@H]1O. The minimum Gasteiger partial charge on any atom is -0.392 e. The summed E-state index contributed by atoms with van der Waals surface area (Å²) < 4.78 is 0. The van der Waals surface area contributed by atoms with Gasteiger partial charge in [0, 0.05) is 63.0 Å². The second-order valence-corrected chi connectivity index (χ2v) is 13.6. The number of β-amino-alcohol motifs (C(OH)–C–C–N with tert-alkyl or cyclic N) is 1. The first-order valence-electron chi connectivity index (χ1n) is 16.0. The highest BCUT2D eigenvalue weighted by Gasteiger charge is 2.37. The van der Waals surface area contributed by atoms with Gasteiger partial charge >= 0.3 is 0 Å². The van der Waals surface area contributed by atoms with Crippen molar-refractivity contribution in [2.24, 2.45) is 5.92 Å². The van der Waals surface area contributed by atoms with Gasteiger partial charge in [-0.15, -0.1) is 0 Å². The lowest BCUT2D eigenvalue weighted by atomic mass is 9.91. The van der Waals surface area contributed by atoms with E-state index >= 15 is 0 Å². The van der Waals surface area contributed by atoms with Crippen LogP contribution >= 0.6 is 0 Å². The van der Waals surface area contributed by atoms with E-state index in [1.807, 2.05) is 93.7 Å². The van der Waals surface area contributed by atoms with Crippen LogP contribution in [0.25, 0.3) is 0 Å². The molecule has 1 aliphatic carbocycles. The first kappa shape index (κ1) is 32.8. The van der Waals surface area contributed by atoms with E-state index in [0.717, 1.165) is 28.8 Å². The Labute approximate surface area is 266 Å². The number of hydrogen-bond donors (Lipinski definition) is 4. The van der Waals surface area contributed by atoms with E-state index in [4.69, 9.17) is 0 Å². The third-order valence-electron chi connectivity index (χ3n) is 8.70. The van der Waals surface area contributed by atoms with E-state index in [1.165, 1.54) is 0 Å². The van der Waals surface area contributed by atoms with Crippen LogP contribution in [0, 0.1) is 5.92 Å². The zero-order valence-electron chi connectivity index (χ0n) is 26.6. The second kappa shape index (κ2) is 14.6. The lowest BCUT2D eigenvalue weighted by Gasteiger charge is -2.42. The van der Waals surface area contributed by atoms with Gasteiger partial charge in [-0.05, 0) is 61.9 Å². The number of aliphatic hydroxyl groups is 2. The fraction of sp³-hybridized carbons (Fsp3) is 0.472. The highest BCUT2D eigenvalue weighted by atomic mass is 16.3. The molecule has 240 valence electrons. The average Bonchev–Trinajstić information content (AvgIpc) is 3.32. The van der Waals surface area contributed by atoms with Gasteiger partial charge in [0.05, 0.1) is 18.2 Å². The standard InChI is InChI=1S/C36H47N5O4/c1-36(2,3)39-35(45)31-24-40(22-26-12-9-15-37-21-26)16-17-41(31)23-29(42)19-28(18-25-10-5-4-6-11-25)34(44)38-33-30-14-8-7-13-27(30)20-32(33)43/h4-15,21,28-29,31-33,42-43H,16-20,22-24H2,1-3H3,(H,38,44)(H,39,45)/t28-,29+,31?,32-,33-/m1/s1. The van der Waals surface area contributed by atoms with Crippen LogP contribution in [0.4, 0.5) is 0 Å². The molecular formula is C36H47N5O4. The van der Waals surface area contributed by atoms with Crippen LogP contribution in [0.5, 0.6) is 0 Å². The molecule has 5 atom stereocenters. The topological polar surface area (TPSA) is 118 Å². The fourth-order valence-electron chi connectivity index (χ4n) is 6.56. The predicted molar refractivity (Wildman–Crippen MR) is 174 cm³/mol. The number of fused-ring (bicyclic) bond motifs is 1. The molecule has 0 spiro atoms. The van der Waals surface area contributed by atoms with E-state index < -0.39 is 35.7 Å². The van der Waals surface area contributed by atoms with Gasteiger partial charge in [-0.1, -0.05) is 60.7 Å². The molecular weight excluding hydrogens is 566 g/mol. The molecule has 0 saturated carbocycles. The highest BCUT2D eigenvalue weighted by molar-refractivity contribution is 5.83. The number of piperazine rings is 1. The van der Waals surface area contributed by atoms with Crippen molar-refractivity contribution in [2.45, 2.75) is 76.4 Å². The Balaban J connectivity index is 1.29. The van der Waals surface area contributed by atoms with E-state index in [2.05, 4.69) is 25.4 Å². The number of carbonyl (C=O) groups is 2. The molecule has 0 bridgehead atoms. The van der Waals surface area contributed by atoms with E-state index in [-0.39, 0.29) is 24.8 Å². The van der Waals surface area contributed by atoms with Gasteiger partial charge in [-0.2, -0.15) is 0 Å². The molecule has 45 heavy (non-hydrogen) atoms. The van der Waals surface area contributed by atoms with Crippen LogP contribution in [-0.2, 0) is 29.0 Å². The number of nitrogens with one attached hydrogen (secondary N) is 2. The summed E-state index contributed by atoms with van der Waals surface area (Å²) in [5, 5.41) is 28.5.